The molecule has 1 aliphatic heterocycles. The van der Waals surface area contributed by atoms with Gasteiger partial charge < -0.3 is 9.84 Å². The zero-order valence-corrected chi connectivity index (χ0v) is 12.7. The van der Waals surface area contributed by atoms with Crippen LogP contribution >= 0.6 is 0 Å². The van der Waals surface area contributed by atoms with Crippen LogP contribution in [0.1, 0.15) is 48.8 Å². The van der Waals surface area contributed by atoms with Crippen molar-refractivity contribution >= 4 is 0 Å². The highest BCUT2D eigenvalue weighted by Crippen LogP contribution is 2.33. The third-order valence-electron chi connectivity index (χ3n) is 5.51. The number of phenolic OH excluding ortho intramolecular Hbond substituents is 1. The third kappa shape index (κ3) is 2.58. The van der Waals surface area contributed by atoms with E-state index < -0.39 is 0 Å². The van der Waals surface area contributed by atoms with Gasteiger partial charge in [-0.1, -0.05) is 18.9 Å². The highest BCUT2D eigenvalue weighted by Gasteiger charge is 2.34. The van der Waals surface area contributed by atoms with Crippen LogP contribution in [-0.4, -0.2) is 35.3 Å². The number of hydrogen-bond donors (Lipinski definition) is 1. The lowest BCUT2D eigenvalue weighted by molar-refractivity contribution is -0.0912. The second-order valence-electron chi connectivity index (χ2n) is 6.83. The summed E-state index contributed by atoms with van der Waals surface area (Å²) in [6.45, 7) is 2.72. The molecule has 0 unspecified atom stereocenters. The molecule has 4 rings (SSSR count). The van der Waals surface area contributed by atoms with Crippen molar-refractivity contribution in [3.63, 3.8) is 0 Å². The summed E-state index contributed by atoms with van der Waals surface area (Å²) in [5.74, 6) is 0.495. The van der Waals surface area contributed by atoms with Gasteiger partial charge in [-0.05, 0) is 49.3 Å². The molecule has 1 aromatic rings. The van der Waals surface area contributed by atoms with Crippen molar-refractivity contribution in [1.82, 2.24) is 4.90 Å². The van der Waals surface area contributed by atoms with Crippen LogP contribution in [-0.2, 0) is 24.1 Å². The number of ether oxygens (including phenoxy) is 1. The molecule has 3 heteroatoms. The first kappa shape index (κ1) is 13.6. The molecule has 2 fully saturated rings. The first-order chi connectivity index (χ1) is 10.3. The summed E-state index contributed by atoms with van der Waals surface area (Å²) in [5, 5.41) is 10.3. The molecule has 0 spiro atoms. The number of morpholine rings is 1. The van der Waals surface area contributed by atoms with E-state index in [1.165, 1.54) is 49.7 Å². The third-order valence-corrected chi connectivity index (χ3v) is 5.51. The standard InChI is InChI=1S/C18H25NO2/c20-17-11-14-5-3-4-13(14)10-15(17)12-19-8-9-21-18-7-2-1-6-16(18)19/h10-11,16,18,20H,1-9,12H2/t16-,18-/m0/s1. The zero-order chi connectivity index (χ0) is 14.2. The maximum atomic E-state index is 10.3. The molecule has 3 aliphatic rings. The van der Waals surface area contributed by atoms with Gasteiger partial charge in [0.05, 0.1) is 12.7 Å². The van der Waals surface area contributed by atoms with Crippen LogP contribution in [0.4, 0.5) is 0 Å². The smallest absolute Gasteiger partial charge is 0.120 e. The van der Waals surface area contributed by atoms with E-state index in [0.29, 0.717) is 17.9 Å². The van der Waals surface area contributed by atoms with Gasteiger partial charge in [0.15, 0.2) is 0 Å². The molecule has 1 aromatic carbocycles. The molecule has 0 bridgehead atoms. The molecule has 0 aromatic heterocycles. The van der Waals surface area contributed by atoms with E-state index >= 15 is 0 Å². The Bertz CT molecular complexity index is 526. The van der Waals surface area contributed by atoms with Crippen LogP contribution in [0.5, 0.6) is 5.75 Å². The minimum Gasteiger partial charge on any atom is -0.508 e. The fourth-order valence-electron chi connectivity index (χ4n) is 4.38. The molecule has 3 nitrogen and oxygen atoms in total. The molecule has 0 radical (unpaired) electrons. The number of aryl methyl sites for hydroxylation is 2. The van der Waals surface area contributed by atoms with Gasteiger partial charge in [0.1, 0.15) is 5.75 Å². The van der Waals surface area contributed by atoms with Gasteiger partial charge >= 0.3 is 0 Å². The number of fused-ring (bicyclic) bond motifs is 2. The molecule has 2 atom stereocenters. The molecule has 0 amide bonds. The highest BCUT2D eigenvalue weighted by atomic mass is 16.5. The molecule has 21 heavy (non-hydrogen) atoms. The van der Waals surface area contributed by atoms with Gasteiger partial charge in [0, 0.05) is 24.7 Å². The van der Waals surface area contributed by atoms with E-state index in [-0.39, 0.29) is 0 Å². The molecule has 114 valence electrons. The van der Waals surface area contributed by atoms with Crippen molar-refractivity contribution in [1.29, 1.82) is 0 Å². The van der Waals surface area contributed by atoms with Crippen LogP contribution in [0.2, 0.25) is 0 Å². The Morgan fingerprint density at radius 1 is 1.10 bits per heavy atom. The topological polar surface area (TPSA) is 32.7 Å². The summed E-state index contributed by atoms with van der Waals surface area (Å²) in [7, 11) is 0. The quantitative estimate of drug-likeness (QED) is 0.907. The number of aromatic hydroxyl groups is 1. The lowest BCUT2D eigenvalue weighted by Crippen LogP contribution is -2.52. The predicted octanol–water partition coefficient (Wildman–Crippen LogP) is 3.02. The minimum absolute atomic E-state index is 0.420. The van der Waals surface area contributed by atoms with Crippen LogP contribution < -0.4 is 0 Å². The highest BCUT2D eigenvalue weighted by molar-refractivity contribution is 5.44. The summed E-state index contributed by atoms with van der Waals surface area (Å²) in [6, 6.07) is 4.82. The lowest BCUT2D eigenvalue weighted by atomic mass is 9.89. The number of phenols is 1. The largest absolute Gasteiger partial charge is 0.508 e. The van der Waals surface area contributed by atoms with Crippen molar-refractivity contribution < 1.29 is 9.84 Å². The van der Waals surface area contributed by atoms with Crippen LogP contribution in [0.15, 0.2) is 12.1 Å². The van der Waals surface area contributed by atoms with Crippen molar-refractivity contribution in [2.75, 3.05) is 13.2 Å². The van der Waals surface area contributed by atoms with Gasteiger partial charge in [0.2, 0.25) is 0 Å². The lowest BCUT2D eigenvalue weighted by Gasteiger charge is -2.44. The van der Waals surface area contributed by atoms with Crippen LogP contribution in [0.3, 0.4) is 0 Å². The van der Waals surface area contributed by atoms with Gasteiger partial charge in [-0.25, -0.2) is 0 Å². The molecule has 2 aliphatic carbocycles. The maximum absolute atomic E-state index is 10.3. The fraction of sp³-hybridized carbons (Fsp3) is 0.667. The van der Waals surface area contributed by atoms with Gasteiger partial charge in [-0.3, -0.25) is 4.90 Å². The molecule has 1 heterocycles. The number of hydrogen-bond acceptors (Lipinski definition) is 3. The van der Waals surface area contributed by atoms with Crippen molar-refractivity contribution in [3.8, 4) is 5.75 Å². The second-order valence-corrected chi connectivity index (χ2v) is 6.83. The molecular weight excluding hydrogens is 262 g/mol. The van der Waals surface area contributed by atoms with E-state index in [4.69, 9.17) is 4.74 Å². The molecule has 1 saturated carbocycles. The first-order valence-electron chi connectivity index (χ1n) is 8.50. The Balaban J connectivity index is 1.55. The normalized spacial score (nSPS) is 29.1. The average Bonchev–Trinajstić information content (AvgIpc) is 2.95. The van der Waals surface area contributed by atoms with E-state index in [1.807, 2.05) is 6.07 Å². The first-order valence-corrected chi connectivity index (χ1v) is 8.50. The number of nitrogens with zero attached hydrogens (tertiary/aromatic N) is 1. The number of benzene rings is 1. The van der Waals surface area contributed by atoms with Crippen molar-refractivity contribution in [2.45, 2.75) is 63.6 Å². The van der Waals surface area contributed by atoms with Crippen molar-refractivity contribution in [3.05, 3.63) is 28.8 Å². The summed E-state index contributed by atoms with van der Waals surface area (Å²) in [5.41, 5.74) is 3.92. The van der Waals surface area contributed by atoms with E-state index in [9.17, 15) is 5.11 Å². The summed E-state index contributed by atoms with van der Waals surface area (Å²) < 4.78 is 5.95. The maximum Gasteiger partial charge on any atom is 0.120 e. The Morgan fingerprint density at radius 2 is 1.90 bits per heavy atom. The van der Waals surface area contributed by atoms with Gasteiger partial charge in [-0.15, -0.1) is 0 Å². The second kappa shape index (κ2) is 5.62. The van der Waals surface area contributed by atoms with Crippen LogP contribution in [0, 0.1) is 0 Å². The minimum atomic E-state index is 0.420. The summed E-state index contributed by atoms with van der Waals surface area (Å²) in [4.78, 5) is 2.55. The Morgan fingerprint density at radius 3 is 2.81 bits per heavy atom. The Kier molecular flexibility index (Phi) is 3.64. The molecular formula is C18H25NO2. The van der Waals surface area contributed by atoms with Gasteiger partial charge in [0.25, 0.3) is 0 Å². The van der Waals surface area contributed by atoms with E-state index in [2.05, 4.69) is 11.0 Å². The Labute approximate surface area is 126 Å². The van der Waals surface area contributed by atoms with E-state index in [0.717, 1.165) is 31.7 Å². The average molecular weight is 287 g/mol. The van der Waals surface area contributed by atoms with Gasteiger partial charge in [-0.2, -0.15) is 0 Å². The predicted molar refractivity (Wildman–Crippen MR) is 82.5 cm³/mol. The zero-order valence-electron chi connectivity index (χ0n) is 12.7. The fourth-order valence-corrected chi connectivity index (χ4v) is 4.38. The Hall–Kier alpha value is -1.06. The SMILES string of the molecule is Oc1cc2c(cc1CN1CCO[C@H]3CCCC[C@@H]31)CCC2. The van der Waals surface area contributed by atoms with Crippen LogP contribution in [0.25, 0.3) is 0 Å². The monoisotopic (exact) mass is 287 g/mol. The van der Waals surface area contributed by atoms with Crippen molar-refractivity contribution in [2.24, 2.45) is 0 Å². The number of rotatable bonds is 2. The summed E-state index contributed by atoms with van der Waals surface area (Å²) in [6.07, 6.45) is 9.04. The summed E-state index contributed by atoms with van der Waals surface area (Å²) >= 11 is 0. The van der Waals surface area contributed by atoms with E-state index in [1.54, 1.807) is 0 Å². The molecule has 1 saturated heterocycles. The molecule has 1 N–H and O–H groups in total.